The van der Waals surface area contributed by atoms with E-state index in [0.29, 0.717) is 0 Å². The van der Waals surface area contributed by atoms with Crippen LogP contribution >= 0.6 is 11.6 Å². The Morgan fingerprint density at radius 2 is 2.00 bits per heavy atom. The Bertz CT molecular complexity index is 789. The summed E-state index contributed by atoms with van der Waals surface area (Å²) in [5.74, 6) is -0.406. The fourth-order valence-electron chi connectivity index (χ4n) is 2.52. The lowest BCUT2D eigenvalue weighted by molar-refractivity contribution is 0.617. The highest BCUT2D eigenvalue weighted by atomic mass is 35.5. The zero-order valence-electron chi connectivity index (χ0n) is 11.5. The summed E-state index contributed by atoms with van der Waals surface area (Å²) in [5, 5.41) is 4.40. The van der Waals surface area contributed by atoms with Crippen LogP contribution in [0, 0.1) is 5.82 Å². The Labute approximate surface area is 127 Å². The molecular formula is C17H14ClFN2. The molecule has 0 aliphatic carbocycles. The van der Waals surface area contributed by atoms with Gasteiger partial charge in [-0.1, -0.05) is 35.9 Å². The first-order chi connectivity index (χ1) is 10.2. The van der Waals surface area contributed by atoms with E-state index >= 15 is 0 Å². The fourth-order valence-corrected chi connectivity index (χ4v) is 2.75. The van der Waals surface area contributed by atoms with Crippen LogP contribution in [0.2, 0.25) is 5.02 Å². The predicted molar refractivity (Wildman–Crippen MR) is 84.1 cm³/mol. The molecule has 0 bridgehead atoms. The van der Waals surface area contributed by atoms with E-state index in [-0.39, 0.29) is 11.1 Å². The van der Waals surface area contributed by atoms with Crippen LogP contribution in [0.25, 0.3) is 10.9 Å². The molecule has 0 aliphatic rings. The maximum Gasteiger partial charge on any atom is 0.142 e. The van der Waals surface area contributed by atoms with E-state index in [9.17, 15) is 4.39 Å². The van der Waals surface area contributed by atoms with Crippen LogP contribution in [0.4, 0.5) is 4.39 Å². The molecular weight excluding hydrogens is 287 g/mol. The molecule has 0 radical (unpaired) electrons. The molecule has 3 rings (SSSR count). The van der Waals surface area contributed by atoms with Gasteiger partial charge in [-0.15, -0.1) is 0 Å². The first kappa shape index (κ1) is 14.0. The molecule has 0 fully saturated rings. The first-order valence-electron chi connectivity index (χ1n) is 6.66. The van der Waals surface area contributed by atoms with Crippen molar-refractivity contribution in [3.63, 3.8) is 0 Å². The van der Waals surface area contributed by atoms with Crippen LogP contribution in [0.1, 0.15) is 17.2 Å². The number of hydrogen-bond acceptors (Lipinski definition) is 2. The van der Waals surface area contributed by atoms with Gasteiger partial charge in [0, 0.05) is 11.6 Å². The van der Waals surface area contributed by atoms with Crippen molar-refractivity contribution in [2.75, 3.05) is 7.05 Å². The number of nitrogens with one attached hydrogen (secondary N) is 1. The Hall–Kier alpha value is -1.97. The zero-order chi connectivity index (χ0) is 14.8. The minimum absolute atomic E-state index is 0.156. The normalized spacial score (nSPS) is 12.5. The van der Waals surface area contributed by atoms with Gasteiger partial charge in [-0.2, -0.15) is 0 Å². The quantitative estimate of drug-likeness (QED) is 0.778. The van der Waals surface area contributed by atoms with Crippen molar-refractivity contribution in [1.82, 2.24) is 10.3 Å². The number of benzene rings is 2. The second kappa shape index (κ2) is 5.80. The van der Waals surface area contributed by atoms with Gasteiger partial charge in [-0.3, -0.25) is 4.98 Å². The largest absolute Gasteiger partial charge is 0.309 e. The standard InChI is InChI=1S/C17H14ClFN2/c1-20-17(13-5-2-6-14(19)16(13)18)12-7-8-15-11(10-12)4-3-9-21-15/h2-10,17,20H,1H3. The Morgan fingerprint density at radius 1 is 1.14 bits per heavy atom. The van der Waals surface area contributed by atoms with Crippen molar-refractivity contribution >= 4 is 22.5 Å². The average molecular weight is 301 g/mol. The third-order valence-corrected chi connectivity index (χ3v) is 3.94. The molecule has 0 saturated carbocycles. The van der Waals surface area contributed by atoms with Crippen molar-refractivity contribution in [3.8, 4) is 0 Å². The second-order valence-electron chi connectivity index (χ2n) is 4.82. The number of hydrogen-bond donors (Lipinski definition) is 1. The summed E-state index contributed by atoms with van der Waals surface area (Å²) in [6, 6.07) is 14.6. The third-order valence-electron chi connectivity index (χ3n) is 3.54. The molecule has 21 heavy (non-hydrogen) atoms. The van der Waals surface area contributed by atoms with E-state index in [4.69, 9.17) is 11.6 Å². The van der Waals surface area contributed by atoms with E-state index in [0.717, 1.165) is 22.0 Å². The smallest absolute Gasteiger partial charge is 0.142 e. The lowest BCUT2D eigenvalue weighted by atomic mass is 9.97. The third kappa shape index (κ3) is 2.62. The zero-order valence-corrected chi connectivity index (χ0v) is 12.2. The molecule has 1 aromatic heterocycles. The highest BCUT2D eigenvalue weighted by molar-refractivity contribution is 6.31. The van der Waals surface area contributed by atoms with Crippen molar-refractivity contribution < 1.29 is 4.39 Å². The van der Waals surface area contributed by atoms with Crippen molar-refractivity contribution in [3.05, 3.63) is 76.7 Å². The second-order valence-corrected chi connectivity index (χ2v) is 5.20. The molecule has 1 unspecified atom stereocenters. The number of aromatic nitrogens is 1. The summed E-state index contributed by atoms with van der Waals surface area (Å²) < 4.78 is 13.7. The fraction of sp³-hybridized carbons (Fsp3) is 0.118. The minimum atomic E-state index is -0.406. The topological polar surface area (TPSA) is 24.9 Å². The predicted octanol–water partition coefficient (Wildman–Crippen LogP) is 4.34. The molecule has 1 heterocycles. The van der Waals surface area contributed by atoms with Crippen LogP contribution in [0.3, 0.4) is 0 Å². The summed E-state index contributed by atoms with van der Waals surface area (Å²) in [5.41, 5.74) is 2.68. The first-order valence-corrected chi connectivity index (χ1v) is 7.04. The van der Waals surface area contributed by atoms with Crippen LogP contribution in [-0.4, -0.2) is 12.0 Å². The maximum atomic E-state index is 13.7. The van der Waals surface area contributed by atoms with Gasteiger partial charge in [0.25, 0.3) is 0 Å². The molecule has 0 saturated heterocycles. The molecule has 2 nitrogen and oxygen atoms in total. The molecule has 4 heteroatoms. The van der Waals surface area contributed by atoms with Gasteiger partial charge < -0.3 is 5.32 Å². The van der Waals surface area contributed by atoms with E-state index in [1.54, 1.807) is 12.3 Å². The van der Waals surface area contributed by atoms with Crippen LogP contribution in [0.5, 0.6) is 0 Å². The van der Waals surface area contributed by atoms with Gasteiger partial charge in [0.2, 0.25) is 0 Å². The summed E-state index contributed by atoms with van der Waals surface area (Å²) in [6.07, 6.45) is 1.76. The monoisotopic (exact) mass is 300 g/mol. The SMILES string of the molecule is CNC(c1ccc2ncccc2c1)c1cccc(F)c1Cl. The molecule has 106 valence electrons. The number of nitrogens with zero attached hydrogens (tertiary/aromatic N) is 1. The maximum absolute atomic E-state index is 13.7. The summed E-state index contributed by atoms with van der Waals surface area (Å²) in [4.78, 5) is 4.31. The average Bonchev–Trinajstić information content (AvgIpc) is 2.52. The number of rotatable bonds is 3. The van der Waals surface area contributed by atoms with Gasteiger partial charge in [0.1, 0.15) is 5.82 Å². The van der Waals surface area contributed by atoms with Gasteiger partial charge in [0.05, 0.1) is 16.6 Å². The molecule has 2 aromatic carbocycles. The van der Waals surface area contributed by atoms with Crippen LogP contribution in [0.15, 0.2) is 54.7 Å². The van der Waals surface area contributed by atoms with Crippen LogP contribution in [-0.2, 0) is 0 Å². The van der Waals surface area contributed by atoms with E-state index in [1.165, 1.54) is 6.07 Å². The highest BCUT2D eigenvalue weighted by Gasteiger charge is 2.17. The molecule has 0 amide bonds. The van der Waals surface area contributed by atoms with Gasteiger partial charge in [0.15, 0.2) is 0 Å². The molecule has 1 atom stereocenters. The minimum Gasteiger partial charge on any atom is -0.309 e. The van der Waals surface area contributed by atoms with E-state index in [2.05, 4.69) is 10.3 Å². The van der Waals surface area contributed by atoms with Crippen LogP contribution < -0.4 is 5.32 Å². The van der Waals surface area contributed by atoms with Crippen molar-refractivity contribution in [2.45, 2.75) is 6.04 Å². The molecule has 0 aliphatic heterocycles. The van der Waals surface area contributed by atoms with Gasteiger partial charge >= 0.3 is 0 Å². The van der Waals surface area contributed by atoms with Gasteiger partial charge in [-0.05, 0) is 42.4 Å². The lowest BCUT2D eigenvalue weighted by Crippen LogP contribution is -2.18. The van der Waals surface area contributed by atoms with Gasteiger partial charge in [-0.25, -0.2) is 4.39 Å². The lowest BCUT2D eigenvalue weighted by Gasteiger charge is -2.19. The summed E-state index contributed by atoms with van der Waals surface area (Å²) >= 11 is 6.11. The summed E-state index contributed by atoms with van der Waals surface area (Å²) in [6.45, 7) is 0. The molecule has 3 aromatic rings. The Balaban J connectivity index is 2.11. The number of fused-ring (bicyclic) bond motifs is 1. The molecule has 0 spiro atoms. The van der Waals surface area contributed by atoms with E-state index in [1.807, 2.05) is 43.4 Å². The van der Waals surface area contributed by atoms with E-state index < -0.39 is 5.82 Å². The number of pyridine rings is 1. The Morgan fingerprint density at radius 3 is 2.81 bits per heavy atom. The Kier molecular flexibility index (Phi) is 3.86. The summed E-state index contributed by atoms with van der Waals surface area (Å²) in [7, 11) is 1.83. The van der Waals surface area contributed by atoms with Crippen molar-refractivity contribution in [1.29, 1.82) is 0 Å². The van der Waals surface area contributed by atoms with Crippen molar-refractivity contribution in [2.24, 2.45) is 0 Å². The highest BCUT2D eigenvalue weighted by Crippen LogP contribution is 2.31. The number of halogens is 2. The molecule has 1 N–H and O–H groups in total.